The van der Waals surface area contributed by atoms with E-state index in [1.165, 1.54) is 0 Å². The highest BCUT2D eigenvalue weighted by Crippen LogP contribution is 2.35. The number of benzene rings is 2. The van der Waals surface area contributed by atoms with Crippen LogP contribution < -0.4 is 9.47 Å². The lowest BCUT2D eigenvalue weighted by Gasteiger charge is -2.36. The van der Waals surface area contributed by atoms with E-state index in [4.69, 9.17) is 14.6 Å². The zero-order valence-electron chi connectivity index (χ0n) is 19.3. The molecular weight excluding hydrogens is 420 g/mol. The van der Waals surface area contributed by atoms with Gasteiger partial charge >= 0.3 is 6.03 Å². The normalized spacial score (nSPS) is 15.9. The molecule has 0 aliphatic carbocycles. The van der Waals surface area contributed by atoms with Crippen molar-refractivity contribution in [3.8, 4) is 28.4 Å². The smallest absolute Gasteiger partial charge is 0.344 e. The Morgan fingerprint density at radius 1 is 1.06 bits per heavy atom. The van der Waals surface area contributed by atoms with E-state index in [9.17, 15) is 10.0 Å². The molecule has 1 atom stereocenters. The van der Waals surface area contributed by atoms with Crippen molar-refractivity contribution in [2.75, 3.05) is 27.3 Å². The van der Waals surface area contributed by atoms with Gasteiger partial charge in [-0.15, -0.1) is 0 Å². The van der Waals surface area contributed by atoms with Gasteiger partial charge in [0, 0.05) is 18.7 Å². The predicted octanol–water partition coefficient (Wildman–Crippen LogP) is 4.91. The van der Waals surface area contributed by atoms with Crippen molar-refractivity contribution in [3.05, 3.63) is 60.3 Å². The molecule has 33 heavy (non-hydrogen) atoms. The number of carbonyl (C=O) groups is 1. The van der Waals surface area contributed by atoms with Gasteiger partial charge < -0.3 is 14.4 Å². The van der Waals surface area contributed by atoms with E-state index in [0.717, 1.165) is 58.5 Å². The highest BCUT2D eigenvalue weighted by molar-refractivity contribution is 5.74. The molecule has 0 spiro atoms. The number of hydroxylamine groups is 2. The molecule has 174 valence electrons. The molecule has 4 rings (SSSR count). The van der Waals surface area contributed by atoms with E-state index in [-0.39, 0.29) is 18.6 Å². The molecule has 1 N–H and O–H groups in total. The molecule has 2 amide bonds. The van der Waals surface area contributed by atoms with Gasteiger partial charge in [0.05, 0.1) is 37.3 Å². The molecule has 0 radical (unpaired) electrons. The second-order valence-electron chi connectivity index (χ2n) is 8.00. The van der Waals surface area contributed by atoms with Crippen molar-refractivity contribution in [1.82, 2.24) is 19.7 Å². The van der Waals surface area contributed by atoms with E-state index in [2.05, 4.69) is 0 Å². The first-order valence-electron chi connectivity index (χ1n) is 11.2. The average molecular weight is 451 g/mol. The summed E-state index contributed by atoms with van der Waals surface area (Å²) in [5.41, 5.74) is 3.58. The number of urea groups is 1. The Balaban J connectivity index is 1.78. The van der Waals surface area contributed by atoms with Crippen LogP contribution in [0.5, 0.6) is 11.5 Å². The first kappa shape index (κ1) is 22.7. The summed E-state index contributed by atoms with van der Waals surface area (Å²) in [6.45, 7) is 2.57. The number of ether oxygens (including phenoxy) is 2. The SMILES string of the molecule is CCN(O)C(=O)N1CCCCC1c1cc(-c2ccc(OC)cc2)n(-c2ccc(OC)cc2)n1. The molecule has 8 nitrogen and oxygen atoms in total. The minimum atomic E-state index is -0.382. The van der Waals surface area contributed by atoms with E-state index in [1.807, 2.05) is 59.3 Å². The Morgan fingerprint density at radius 3 is 2.30 bits per heavy atom. The summed E-state index contributed by atoms with van der Waals surface area (Å²) in [5, 5.41) is 15.8. The third-order valence-corrected chi connectivity index (χ3v) is 6.04. The monoisotopic (exact) mass is 450 g/mol. The summed E-state index contributed by atoms with van der Waals surface area (Å²) < 4.78 is 12.5. The number of hydrogen-bond donors (Lipinski definition) is 1. The van der Waals surface area contributed by atoms with Gasteiger partial charge in [-0.2, -0.15) is 5.10 Å². The van der Waals surface area contributed by atoms with Crippen molar-refractivity contribution in [1.29, 1.82) is 0 Å². The largest absolute Gasteiger partial charge is 0.497 e. The van der Waals surface area contributed by atoms with Crippen LogP contribution in [0, 0.1) is 0 Å². The number of aromatic nitrogens is 2. The summed E-state index contributed by atoms with van der Waals surface area (Å²) in [7, 11) is 3.28. The van der Waals surface area contributed by atoms with Gasteiger partial charge in [-0.1, -0.05) is 0 Å². The Labute approximate surface area is 193 Å². The van der Waals surface area contributed by atoms with Crippen LogP contribution in [0.25, 0.3) is 16.9 Å². The van der Waals surface area contributed by atoms with Crippen LogP contribution in [0.3, 0.4) is 0 Å². The molecular formula is C25H30N4O4. The maximum atomic E-state index is 12.8. The van der Waals surface area contributed by atoms with Crippen molar-refractivity contribution >= 4 is 6.03 Å². The lowest BCUT2D eigenvalue weighted by Crippen LogP contribution is -2.45. The molecule has 2 heterocycles. The van der Waals surface area contributed by atoms with Crippen LogP contribution in [0.15, 0.2) is 54.6 Å². The molecule has 1 aliphatic heterocycles. The summed E-state index contributed by atoms with van der Waals surface area (Å²) in [6.07, 6.45) is 2.70. The van der Waals surface area contributed by atoms with Gasteiger partial charge in [0.1, 0.15) is 11.5 Å². The molecule has 1 aliphatic rings. The third kappa shape index (κ3) is 4.66. The second kappa shape index (κ2) is 9.95. The first-order valence-corrected chi connectivity index (χ1v) is 11.2. The Kier molecular flexibility index (Phi) is 6.84. The molecule has 1 unspecified atom stereocenters. The standard InChI is InChI=1S/C25H30N4O4/c1-4-28(31)25(30)27-16-6-5-7-23(27)22-17-24(18-8-12-20(32-2)13-9-18)29(26-22)19-10-14-21(33-3)15-11-19/h8-15,17,23,31H,4-7,16H2,1-3H3. The quantitative estimate of drug-likeness (QED) is 0.426. The van der Waals surface area contributed by atoms with Crippen molar-refractivity contribution in [2.45, 2.75) is 32.2 Å². The zero-order chi connectivity index (χ0) is 23.4. The van der Waals surface area contributed by atoms with Crippen molar-refractivity contribution < 1.29 is 19.5 Å². The maximum Gasteiger partial charge on any atom is 0.344 e. The minimum Gasteiger partial charge on any atom is -0.497 e. The number of nitrogens with zero attached hydrogens (tertiary/aromatic N) is 4. The Morgan fingerprint density at radius 2 is 1.70 bits per heavy atom. The molecule has 2 aromatic carbocycles. The number of amides is 2. The Bertz CT molecular complexity index is 1010. The first-order chi connectivity index (χ1) is 16.0. The van der Waals surface area contributed by atoms with Crippen LogP contribution in [0.4, 0.5) is 4.79 Å². The molecule has 1 saturated heterocycles. The van der Waals surface area contributed by atoms with Gasteiger partial charge in [0.15, 0.2) is 0 Å². The summed E-state index contributed by atoms with van der Waals surface area (Å²) in [6, 6.07) is 17.0. The van der Waals surface area contributed by atoms with Crippen LogP contribution in [0.1, 0.15) is 37.9 Å². The average Bonchev–Trinajstić information content (AvgIpc) is 3.33. The zero-order valence-corrected chi connectivity index (χ0v) is 19.3. The molecule has 3 aromatic rings. The maximum absolute atomic E-state index is 12.8. The number of hydrogen-bond acceptors (Lipinski definition) is 5. The molecule has 8 heteroatoms. The van der Waals surface area contributed by atoms with E-state index in [0.29, 0.717) is 6.54 Å². The van der Waals surface area contributed by atoms with Crippen LogP contribution in [0.2, 0.25) is 0 Å². The van der Waals surface area contributed by atoms with E-state index < -0.39 is 0 Å². The van der Waals surface area contributed by atoms with E-state index in [1.54, 1.807) is 26.0 Å². The van der Waals surface area contributed by atoms with Gasteiger partial charge in [-0.25, -0.2) is 14.5 Å². The number of piperidine rings is 1. The van der Waals surface area contributed by atoms with Crippen LogP contribution in [-0.4, -0.2) is 58.3 Å². The molecule has 1 fully saturated rings. The minimum absolute atomic E-state index is 0.205. The second-order valence-corrected chi connectivity index (χ2v) is 8.00. The number of carbonyl (C=O) groups excluding carboxylic acids is 1. The Hall–Kier alpha value is -3.52. The van der Waals surface area contributed by atoms with Crippen molar-refractivity contribution in [2.24, 2.45) is 0 Å². The van der Waals surface area contributed by atoms with Crippen LogP contribution in [-0.2, 0) is 0 Å². The van der Waals surface area contributed by atoms with Gasteiger partial charge in [0.2, 0.25) is 0 Å². The van der Waals surface area contributed by atoms with Crippen LogP contribution >= 0.6 is 0 Å². The fraction of sp³-hybridized carbons (Fsp3) is 0.360. The van der Waals surface area contributed by atoms with Crippen molar-refractivity contribution in [3.63, 3.8) is 0 Å². The number of methoxy groups -OCH3 is 2. The molecule has 1 aromatic heterocycles. The fourth-order valence-electron chi connectivity index (χ4n) is 4.20. The van der Waals surface area contributed by atoms with Gasteiger partial charge in [-0.3, -0.25) is 5.21 Å². The summed E-state index contributed by atoms with van der Waals surface area (Å²) in [4.78, 5) is 14.6. The van der Waals surface area contributed by atoms with Gasteiger partial charge in [-0.05, 0) is 80.8 Å². The lowest BCUT2D eigenvalue weighted by atomic mass is 9.99. The van der Waals surface area contributed by atoms with E-state index >= 15 is 0 Å². The highest BCUT2D eigenvalue weighted by Gasteiger charge is 2.32. The predicted molar refractivity (Wildman–Crippen MR) is 125 cm³/mol. The summed E-state index contributed by atoms with van der Waals surface area (Å²) in [5.74, 6) is 1.55. The number of rotatable bonds is 6. The van der Waals surface area contributed by atoms with Gasteiger partial charge in [0.25, 0.3) is 0 Å². The topological polar surface area (TPSA) is 80.1 Å². The fourth-order valence-corrected chi connectivity index (χ4v) is 4.20. The molecule has 0 saturated carbocycles. The lowest BCUT2D eigenvalue weighted by molar-refractivity contribution is -0.0592. The molecule has 0 bridgehead atoms. The third-order valence-electron chi connectivity index (χ3n) is 6.04. The summed E-state index contributed by atoms with van der Waals surface area (Å²) >= 11 is 0. The highest BCUT2D eigenvalue weighted by atomic mass is 16.5. The number of likely N-dealkylation sites (tertiary alicyclic amines) is 1.